The molecule has 6 nitrogen and oxygen atoms in total. The van der Waals surface area contributed by atoms with Gasteiger partial charge in [-0.3, -0.25) is 0 Å². The lowest BCUT2D eigenvalue weighted by Gasteiger charge is -2.03. The number of aliphatic carboxylic acids is 1. The first kappa shape index (κ1) is 21.8. The molecule has 2 aromatic rings. The zero-order valence-corrected chi connectivity index (χ0v) is 15.6. The van der Waals surface area contributed by atoms with Crippen LogP contribution in [0.5, 0.6) is 5.75 Å². The van der Waals surface area contributed by atoms with Crippen LogP contribution >= 0.6 is 0 Å². The van der Waals surface area contributed by atoms with Crippen molar-refractivity contribution in [3.8, 4) is 5.75 Å². The molecule has 0 bridgehead atoms. The van der Waals surface area contributed by atoms with Gasteiger partial charge < -0.3 is 20.3 Å². The van der Waals surface area contributed by atoms with Gasteiger partial charge in [-0.2, -0.15) is 0 Å². The number of para-hydroxylation sites is 1. The highest BCUT2D eigenvalue weighted by Gasteiger charge is 2.05. The van der Waals surface area contributed by atoms with Crippen LogP contribution in [0.2, 0.25) is 0 Å². The fraction of sp³-hybridized carbons (Fsp3) is 0.238. The number of carboxylic acids is 1. The van der Waals surface area contributed by atoms with E-state index >= 15 is 0 Å². The molecule has 2 aromatic carbocycles. The molecular formula is C21H25NO5. The fourth-order valence-corrected chi connectivity index (χ4v) is 1.98. The Kier molecular flexibility index (Phi) is 9.78. The number of anilines is 1. The summed E-state index contributed by atoms with van der Waals surface area (Å²) in [6.45, 7) is 2.54. The van der Waals surface area contributed by atoms with Crippen LogP contribution in [-0.4, -0.2) is 30.8 Å². The van der Waals surface area contributed by atoms with Crippen molar-refractivity contribution in [3.05, 3.63) is 65.7 Å². The van der Waals surface area contributed by atoms with Crippen LogP contribution in [0.25, 0.3) is 6.08 Å². The van der Waals surface area contributed by atoms with Gasteiger partial charge in [0.2, 0.25) is 0 Å². The van der Waals surface area contributed by atoms with Crippen molar-refractivity contribution >= 4 is 23.7 Å². The molecule has 0 radical (unpaired) electrons. The molecule has 0 atom stereocenters. The lowest BCUT2D eigenvalue weighted by molar-refractivity contribution is -0.131. The van der Waals surface area contributed by atoms with Gasteiger partial charge in [-0.15, -0.1) is 0 Å². The van der Waals surface area contributed by atoms with Crippen LogP contribution in [0, 0.1) is 0 Å². The molecule has 144 valence electrons. The van der Waals surface area contributed by atoms with E-state index in [4.69, 9.17) is 20.3 Å². The van der Waals surface area contributed by atoms with Gasteiger partial charge in [0.25, 0.3) is 0 Å². The van der Waals surface area contributed by atoms with Gasteiger partial charge in [0.05, 0.1) is 19.3 Å². The maximum atomic E-state index is 11.4. The summed E-state index contributed by atoms with van der Waals surface area (Å²) in [5, 5.41) is 8.41. The van der Waals surface area contributed by atoms with Crippen molar-refractivity contribution in [2.24, 2.45) is 0 Å². The highest BCUT2D eigenvalue weighted by molar-refractivity contribution is 5.89. The molecule has 0 spiro atoms. The number of methoxy groups -OCH3 is 1. The number of carboxylic acid groups (broad SMARTS) is 1. The van der Waals surface area contributed by atoms with E-state index in [2.05, 4.69) is 6.92 Å². The van der Waals surface area contributed by atoms with E-state index in [0.29, 0.717) is 23.6 Å². The molecule has 0 unspecified atom stereocenters. The second-order valence-electron chi connectivity index (χ2n) is 5.53. The molecule has 0 fully saturated rings. The van der Waals surface area contributed by atoms with E-state index in [-0.39, 0.29) is 5.97 Å². The fourth-order valence-electron chi connectivity index (χ4n) is 1.98. The summed E-state index contributed by atoms with van der Waals surface area (Å²) >= 11 is 0. The van der Waals surface area contributed by atoms with Gasteiger partial charge in [-0.25, -0.2) is 9.59 Å². The lowest BCUT2D eigenvalue weighted by atomic mass is 10.2. The molecule has 27 heavy (non-hydrogen) atoms. The number of benzene rings is 2. The number of carbonyl (C=O) groups is 2. The molecule has 3 N–H and O–H groups in total. The molecule has 0 aliphatic rings. The Morgan fingerprint density at radius 3 is 2.37 bits per heavy atom. The third-order valence-electron chi connectivity index (χ3n) is 3.42. The number of hydrogen-bond donors (Lipinski definition) is 2. The second-order valence-corrected chi connectivity index (χ2v) is 5.53. The summed E-state index contributed by atoms with van der Waals surface area (Å²) in [5.74, 6) is -0.579. The summed E-state index contributed by atoms with van der Waals surface area (Å²) in [6, 6.07) is 13.9. The largest absolute Gasteiger partial charge is 0.496 e. The van der Waals surface area contributed by atoms with Crippen molar-refractivity contribution in [2.75, 3.05) is 19.5 Å². The Labute approximate surface area is 159 Å². The topological polar surface area (TPSA) is 98.9 Å². The third kappa shape index (κ3) is 8.58. The highest BCUT2D eigenvalue weighted by Crippen LogP contribution is 2.18. The molecule has 6 heteroatoms. The van der Waals surface area contributed by atoms with Crippen LogP contribution in [0.15, 0.2) is 54.6 Å². The molecule has 0 amide bonds. The second kappa shape index (κ2) is 12.1. The quantitative estimate of drug-likeness (QED) is 0.330. The normalized spacial score (nSPS) is 10.0. The summed E-state index contributed by atoms with van der Waals surface area (Å²) in [5.41, 5.74) is 7.45. The summed E-state index contributed by atoms with van der Waals surface area (Å²) in [6.07, 6.45) is 4.51. The van der Waals surface area contributed by atoms with Crippen molar-refractivity contribution < 1.29 is 24.2 Å². The summed E-state index contributed by atoms with van der Waals surface area (Å²) in [4.78, 5) is 21.6. The van der Waals surface area contributed by atoms with Crippen molar-refractivity contribution in [1.82, 2.24) is 0 Å². The van der Waals surface area contributed by atoms with Gasteiger partial charge in [0, 0.05) is 17.3 Å². The first-order valence-corrected chi connectivity index (χ1v) is 8.54. The third-order valence-corrected chi connectivity index (χ3v) is 3.42. The summed E-state index contributed by atoms with van der Waals surface area (Å²) in [7, 11) is 1.55. The maximum Gasteiger partial charge on any atom is 0.338 e. The van der Waals surface area contributed by atoms with Crippen molar-refractivity contribution in [1.29, 1.82) is 0 Å². The predicted molar refractivity (Wildman–Crippen MR) is 106 cm³/mol. The minimum absolute atomic E-state index is 0.279. The first-order valence-electron chi connectivity index (χ1n) is 8.54. The Hall–Kier alpha value is -3.28. The monoisotopic (exact) mass is 371 g/mol. The first-order chi connectivity index (χ1) is 13.0. The van der Waals surface area contributed by atoms with Gasteiger partial charge >= 0.3 is 11.9 Å². The number of rotatable bonds is 7. The van der Waals surface area contributed by atoms with E-state index in [9.17, 15) is 9.59 Å². The maximum absolute atomic E-state index is 11.4. The van der Waals surface area contributed by atoms with Crippen molar-refractivity contribution in [3.63, 3.8) is 0 Å². The van der Waals surface area contributed by atoms with Crippen LogP contribution < -0.4 is 10.5 Å². The average molecular weight is 371 g/mol. The van der Waals surface area contributed by atoms with Crippen LogP contribution in [0.1, 0.15) is 35.7 Å². The Morgan fingerprint density at radius 1 is 1.11 bits per heavy atom. The number of nitrogen functional groups attached to an aromatic ring is 1. The molecular weight excluding hydrogens is 346 g/mol. The smallest absolute Gasteiger partial charge is 0.338 e. The lowest BCUT2D eigenvalue weighted by Crippen LogP contribution is -2.06. The average Bonchev–Trinajstić information content (AvgIpc) is 2.67. The van der Waals surface area contributed by atoms with Gasteiger partial charge in [0.1, 0.15) is 5.75 Å². The van der Waals surface area contributed by atoms with E-state index < -0.39 is 5.97 Å². The molecule has 0 aliphatic carbocycles. The van der Waals surface area contributed by atoms with E-state index in [1.165, 1.54) is 6.08 Å². The number of esters is 1. The molecule has 0 saturated heterocycles. The van der Waals surface area contributed by atoms with Gasteiger partial charge in [0.15, 0.2) is 0 Å². The van der Waals surface area contributed by atoms with E-state index in [1.54, 1.807) is 43.5 Å². The predicted octanol–water partition coefficient (Wildman–Crippen LogP) is 4.02. The van der Waals surface area contributed by atoms with Crippen molar-refractivity contribution in [2.45, 2.75) is 19.8 Å². The number of hydrogen-bond acceptors (Lipinski definition) is 5. The molecule has 2 rings (SSSR count). The highest BCUT2D eigenvalue weighted by atomic mass is 16.5. The number of ether oxygens (including phenoxy) is 2. The molecule has 0 saturated carbocycles. The molecule has 0 aliphatic heterocycles. The van der Waals surface area contributed by atoms with Gasteiger partial charge in [-0.05, 0) is 42.8 Å². The Morgan fingerprint density at radius 2 is 1.78 bits per heavy atom. The van der Waals surface area contributed by atoms with Crippen LogP contribution in [0.4, 0.5) is 5.69 Å². The zero-order valence-electron chi connectivity index (χ0n) is 15.6. The number of carbonyl (C=O) groups excluding carboxylic acids is 1. The summed E-state index contributed by atoms with van der Waals surface area (Å²) < 4.78 is 10.1. The Balaban J connectivity index is 0.000000271. The Bertz CT molecular complexity index is 753. The van der Waals surface area contributed by atoms with Crippen LogP contribution in [0.3, 0.4) is 0 Å². The number of unbranched alkanes of at least 4 members (excludes halogenated alkanes) is 1. The minimum atomic E-state index is -0.967. The van der Waals surface area contributed by atoms with E-state index in [1.807, 2.05) is 12.1 Å². The van der Waals surface area contributed by atoms with Crippen LogP contribution in [-0.2, 0) is 9.53 Å². The van der Waals surface area contributed by atoms with Gasteiger partial charge in [-0.1, -0.05) is 31.5 Å². The zero-order chi connectivity index (χ0) is 20.1. The standard InChI is InChI=1S/C11H15NO2.C10H10O3/c1-2-3-8-14-11(13)9-4-6-10(12)7-5-9;1-13-9-5-3-2-4-8(9)6-7-10(11)12/h4-7H,2-3,8,12H2,1H3;2-7H,1H3,(H,11,12). The molecule has 0 heterocycles. The molecule has 0 aromatic heterocycles. The minimum Gasteiger partial charge on any atom is -0.496 e. The van der Waals surface area contributed by atoms with E-state index in [0.717, 1.165) is 24.5 Å². The number of nitrogens with two attached hydrogens (primary N) is 1. The SMILES string of the molecule is CCCCOC(=O)c1ccc(N)cc1.COc1ccccc1C=CC(=O)O.